The highest BCUT2D eigenvalue weighted by molar-refractivity contribution is 5.94. The van der Waals surface area contributed by atoms with Crippen molar-refractivity contribution in [2.24, 2.45) is 0 Å². The molecule has 2 atom stereocenters. The van der Waals surface area contributed by atoms with Gasteiger partial charge in [0, 0.05) is 6.42 Å². The predicted molar refractivity (Wildman–Crippen MR) is 86.9 cm³/mol. The third-order valence-electron chi connectivity index (χ3n) is 4.18. The average Bonchev–Trinajstić information content (AvgIpc) is 2.98. The van der Waals surface area contributed by atoms with Gasteiger partial charge in [-0.15, -0.1) is 0 Å². The maximum absolute atomic E-state index is 12.6. The molecule has 2 aromatic carbocycles. The fourth-order valence-electron chi connectivity index (χ4n) is 2.88. The molecular weight excluding hydrogens is 290 g/mol. The van der Waals surface area contributed by atoms with Crippen LogP contribution < -0.4 is 0 Å². The van der Waals surface area contributed by atoms with Gasteiger partial charge in [0.2, 0.25) is 5.91 Å². The van der Waals surface area contributed by atoms with Crippen LogP contribution in [0.25, 0.3) is 0 Å². The lowest BCUT2D eigenvalue weighted by atomic mass is 9.96. The summed E-state index contributed by atoms with van der Waals surface area (Å²) in [6, 6.07) is 19.0. The molecule has 4 heteroatoms. The maximum atomic E-state index is 12.6. The first-order chi connectivity index (χ1) is 11.2. The molecule has 1 aliphatic heterocycles. The van der Waals surface area contributed by atoms with Crippen LogP contribution in [0.2, 0.25) is 0 Å². The molecule has 2 aromatic rings. The van der Waals surface area contributed by atoms with Crippen LogP contribution in [-0.4, -0.2) is 23.5 Å². The molecule has 0 aromatic heterocycles. The summed E-state index contributed by atoms with van der Waals surface area (Å²) < 4.78 is 5.11. The van der Waals surface area contributed by atoms with E-state index in [1.54, 1.807) is 0 Å². The lowest BCUT2D eigenvalue weighted by Crippen LogP contribution is -2.34. The van der Waals surface area contributed by atoms with Crippen LogP contribution in [0.15, 0.2) is 60.7 Å². The van der Waals surface area contributed by atoms with E-state index in [1.807, 2.05) is 67.6 Å². The molecule has 0 unspecified atom stereocenters. The van der Waals surface area contributed by atoms with E-state index in [9.17, 15) is 9.59 Å². The van der Waals surface area contributed by atoms with Crippen molar-refractivity contribution in [2.45, 2.75) is 25.3 Å². The fraction of sp³-hybridized carbons (Fsp3) is 0.263. The Morgan fingerprint density at radius 1 is 1.13 bits per heavy atom. The van der Waals surface area contributed by atoms with E-state index >= 15 is 0 Å². The highest BCUT2D eigenvalue weighted by Gasteiger charge is 2.38. The molecule has 2 amide bonds. The van der Waals surface area contributed by atoms with Crippen molar-refractivity contribution in [1.82, 2.24) is 4.90 Å². The Kier molecular flexibility index (Phi) is 4.42. The van der Waals surface area contributed by atoms with E-state index < -0.39 is 6.09 Å². The summed E-state index contributed by atoms with van der Waals surface area (Å²) in [7, 11) is 0. The third-order valence-corrected chi connectivity index (χ3v) is 4.18. The van der Waals surface area contributed by atoms with Crippen molar-refractivity contribution in [3.8, 4) is 0 Å². The molecule has 3 rings (SSSR count). The van der Waals surface area contributed by atoms with Crippen LogP contribution in [0.4, 0.5) is 4.79 Å². The van der Waals surface area contributed by atoms with E-state index in [1.165, 1.54) is 4.90 Å². The summed E-state index contributed by atoms with van der Waals surface area (Å²) in [4.78, 5) is 25.9. The van der Waals surface area contributed by atoms with Crippen molar-refractivity contribution in [1.29, 1.82) is 0 Å². The summed E-state index contributed by atoms with van der Waals surface area (Å²) in [6.45, 7) is 2.21. The van der Waals surface area contributed by atoms with Crippen LogP contribution in [-0.2, 0) is 9.53 Å². The summed E-state index contributed by atoms with van der Waals surface area (Å²) in [6.07, 6.45) is -0.272. The summed E-state index contributed by atoms with van der Waals surface area (Å²) in [5.41, 5.74) is 2.00. The zero-order valence-electron chi connectivity index (χ0n) is 13.0. The zero-order valence-corrected chi connectivity index (χ0v) is 13.0. The highest BCUT2D eigenvalue weighted by atomic mass is 16.6. The summed E-state index contributed by atoms with van der Waals surface area (Å²) in [5.74, 6) is -0.147. The van der Waals surface area contributed by atoms with Crippen molar-refractivity contribution in [2.75, 3.05) is 6.61 Å². The van der Waals surface area contributed by atoms with E-state index in [2.05, 4.69) is 0 Å². The van der Waals surface area contributed by atoms with Gasteiger partial charge in [-0.25, -0.2) is 9.69 Å². The monoisotopic (exact) mass is 309 g/mol. The number of hydrogen-bond acceptors (Lipinski definition) is 3. The Labute approximate surface area is 135 Å². The molecule has 118 valence electrons. The second kappa shape index (κ2) is 6.65. The number of carbonyl (C=O) groups is 2. The molecular formula is C19H19NO3. The Morgan fingerprint density at radius 3 is 2.39 bits per heavy atom. The lowest BCUT2D eigenvalue weighted by Gasteiger charge is -2.21. The quantitative estimate of drug-likeness (QED) is 0.860. The SMILES string of the molecule is C[C@@H](CC(=O)N1C(=O)OC[C@H]1c1ccccc1)c1ccccc1. The van der Waals surface area contributed by atoms with Gasteiger partial charge in [-0.1, -0.05) is 67.6 Å². The normalized spacial score (nSPS) is 18.6. The first-order valence-electron chi connectivity index (χ1n) is 7.75. The van der Waals surface area contributed by atoms with Crippen molar-refractivity contribution in [3.63, 3.8) is 0 Å². The minimum atomic E-state index is -0.552. The topological polar surface area (TPSA) is 46.6 Å². The number of nitrogens with zero attached hydrogens (tertiary/aromatic N) is 1. The number of hydrogen-bond donors (Lipinski definition) is 0. The van der Waals surface area contributed by atoms with Crippen molar-refractivity contribution < 1.29 is 14.3 Å². The first kappa shape index (κ1) is 15.3. The number of imide groups is 1. The van der Waals surface area contributed by atoms with Gasteiger partial charge >= 0.3 is 6.09 Å². The van der Waals surface area contributed by atoms with Gasteiger partial charge in [0.15, 0.2) is 0 Å². The molecule has 23 heavy (non-hydrogen) atoms. The largest absolute Gasteiger partial charge is 0.446 e. The van der Waals surface area contributed by atoms with Gasteiger partial charge in [-0.2, -0.15) is 0 Å². The van der Waals surface area contributed by atoms with Gasteiger partial charge in [-0.05, 0) is 17.0 Å². The minimum absolute atomic E-state index is 0.0496. The van der Waals surface area contributed by atoms with Crippen LogP contribution in [0, 0.1) is 0 Å². The fourth-order valence-corrected chi connectivity index (χ4v) is 2.88. The van der Waals surface area contributed by atoms with Crippen LogP contribution >= 0.6 is 0 Å². The summed E-state index contributed by atoms with van der Waals surface area (Å²) in [5, 5.41) is 0. The van der Waals surface area contributed by atoms with Gasteiger partial charge in [0.1, 0.15) is 12.6 Å². The average molecular weight is 309 g/mol. The maximum Gasteiger partial charge on any atom is 0.417 e. The standard InChI is InChI=1S/C19H19NO3/c1-14(15-8-4-2-5-9-15)12-18(21)20-17(13-23-19(20)22)16-10-6-3-7-11-16/h2-11,14,17H,12-13H2,1H3/t14-,17-/m0/s1. The van der Waals surface area contributed by atoms with Crippen LogP contribution in [0.1, 0.15) is 36.4 Å². The molecule has 1 fully saturated rings. The van der Waals surface area contributed by atoms with Crippen molar-refractivity contribution >= 4 is 12.0 Å². The number of cyclic esters (lactones) is 1. The smallest absolute Gasteiger partial charge is 0.417 e. The Bertz CT molecular complexity index is 684. The first-order valence-corrected chi connectivity index (χ1v) is 7.75. The molecule has 1 saturated heterocycles. The van der Waals surface area contributed by atoms with Crippen LogP contribution in [0.5, 0.6) is 0 Å². The van der Waals surface area contributed by atoms with Crippen molar-refractivity contribution in [3.05, 3.63) is 71.8 Å². The van der Waals surface area contributed by atoms with E-state index in [-0.39, 0.29) is 30.9 Å². The lowest BCUT2D eigenvalue weighted by molar-refractivity contribution is -0.129. The highest BCUT2D eigenvalue weighted by Crippen LogP contribution is 2.30. The Balaban J connectivity index is 1.76. The number of ether oxygens (including phenoxy) is 1. The molecule has 0 N–H and O–H groups in total. The molecule has 0 saturated carbocycles. The molecule has 0 spiro atoms. The van der Waals surface area contributed by atoms with E-state index in [0.29, 0.717) is 0 Å². The zero-order chi connectivity index (χ0) is 16.2. The molecule has 1 heterocycles. The van der Waals surface area contributed by atoms with E-state index in [4.69, 9.17) is 4.74 Å². The van der Waals surface area contributed by atoms with Gasteiger partial charge in [0.25, 0.3) is 0 Å². The second-order valence-corrected chi connectivity index (χ2v) is 5.78. The molecule has 0 bridgehead atoms. The second-order valence-electron chi connectivity index (χ2n) is 5.78. The Morgan fingerprint density at radius 2 is 1.74 bits per heavy atom. The minimum Gasteiger partial charge on any atom is -0.446 e. The number of carbonyl (C=O) groups excluding carboxylic acids is 2. The van der Waals surface area contributed by atoms with E-state index in [0.717, 1.165) is 11.1 Å². The van der Waals surface area contributed by atoms with Gasteiger partial charge in [-0.3, -0.25) is 4.79 Å². The summed E-state index contributed by atoms with van der Waals surface area (Å²) >= 11 is 0. The molecule has 0 radical (unpaired) electrons. The third kappa shape index (κ3) is 3.26. The number of rotatable bonds is 4. The molecule has 1 aliphatic rings. The van der Waals surface area contributed by atoms with Gasteiger partial charge < -0.3 is 4.74 Å². The number of benzene rings is 2. The Hall–Kier alpha value is -2.62. The van der Waals surface area contributed by atoms with Crippen LogP contribution in [0.3, 0.4) is 0 Å². The van der Waals surface area contributed by atoms with Gasteiger partial charge in [0.05, 0.1) is 0 Å². The molecule has 0 aliphatic carbocycles. The molecule has 4 nitrogen and oxygen atoms in total. The number of amides is 2. The predicted octanol–water partition coefficient (Wildman–Crippen LogP) is 3.90.